The molecule has 0 fully saturated rings. The predicted molar refractivity (Wildman–Crippen MR) is 205 cm³/mol. The highest BCUT2D eigenvalue weighted by Gasteiger charge is 2.23. The summed E-state index contributed by atoms with van der Waals surface area (Å²) < 4.78 is 13.2. The summed E-state index contributed by atoms with van der Waals surface area (Å²) in [6.07, 6.45) is 1.93. The van der Waals surface area contributed by atoms with Crippen molar-refractivity contribution in [2.75, 3.05) is 0 Å². The van der Waals surface area contributed by atoms with Gasteiger partial charge in [0.1, 0.15) is 22.3 Å². The van der Waals surface area contributed by atoms with Gasteiger partial charge in [0.05, 0.1) is 22.9 Å². The normalized spacial score (nSPS) is 12.0. The van der Waals surface area contributed by atoms with Crippen molar-refractivity contribution >= 4 is 76.5 Å². The van der Waals surface area contributed by atoms with Gasteiger partial charge < -0.3 is 8.83 Å². The van der Waals surface area contributed by atoms with Crippen LogP contribution in [-0.2, 0) is 0 Å². The van der Waals surface area contributed by atoms with Crippen LogP contribution in [0.5, 0.6) is 0 Å². The molecular formula is C46H26N2O2. The Hall–Kier alpha value is -6.78. The van der Waals surface area contributed by atoms with E-state index in [0.717, 1.165) is 105 Å². The summed E-state index contributed by atoms with van der Waals surface area (Å²) in [5.41, 5.74) is 11.0. The van der Waals surface area contributed by atoms with Crippen LogP contribution in [0.2, 0.25) is 0 Å². The van der Waals surface area contributed by atoms with E-state index >= 15 is 0 Å². The second-order valence-electron chi connectivity index (χ2n) is 12.8. The van der Waals surface area contributed by atoms with Gasteiger partial charge in [0.2, 0.25) is 0 Å². The summed E-state index contributed by atoms with van der Waals surface area (Å²) in [6, 6.07) is 52.7. The second-order valence-corrected chi connectivity index (χ2v) is 12.8. The molecular weight excluding hydrogens is 613 g/mol. The molecule has 0 aliphatic rings. The van der Waals surface area contributed by atoms with Crippen LogP contribution in [0.1, 0.15) is 0 Å². The molecule has 0 radical (unpaired) electrons. The number of aromatic nitrogens is 2. The summed E-state index contributed by atoms with van der Waals surface area (Å²) in [5.74, 6) is 0. The number of hydrogen-bond acceptors (Lipinski definition) is 4. The molecule has 50 heavy (non-hydrogen) atoms. The fourth-order valence-corrected chi connectivity index (χ4v) is 7.94. The van der Waals surface area contributed by atoms with Crippen LogP contribution >= 0.6 is 0 Å². The Balaban J connectivity index is 1.27. The van der Waals surface area contributed by atoms with Crippen LogP contribution < -0.4 is 0 Å². The molecule has 3 aromatic heterocycles. The Labute approximate surface area is 285 Å². The SMILES string of the molecule is c1cc(-c2cccc3c2oc2ccccc23)c(-c2cnc3c4ccccc4c4ccccc4c3n2)c(-c2cccc3c2oc2ccccc23)c1. The first-order chi connectivity index (χ1) is 24.8. The number of rotatable bonds is 3. The Morgan fingerprint density at radius 3 is 1.32 bits per heavy atom. The minimum Gasteiger partial charge on any atom is -0.455 e. The van der Waals surface area contributed by atoms with Crippen LogP contribution in [0.25, 0.3) is 110 Å². The van der Waals surface area contributed by atoms with Crippen molar-refractivity contribution in [2.45, 2.75) is 0 Å². The molecule has 0 aliphatic carbocycles. The minimum atomic E-state index is 0.782. The second kappa shape index (κ2) is 10.4. The van der Waals surface area contributed by atoms with Crippen LogP contribution in [0.15, 0.2) is 167 Å². The van der Waals surface area contributed by atoms with E-state index in [9.17, 15) is 0 Å². The number of hydrogen-bond donors (Lipinski definition) is 0. The van der Waals surface area contributed by atoms with Gasteiger partial charge in [-0.15, -0.1) is 0 Å². The highest BCUT2D eigenvalue weighted by molar-refractivity contribution is 6.23. The van der Waals surface area contributed by atoms with Gasteiger partial charge in [-0.05, 0) is 34.0 Å². The quantitative estimate of drug-likeness (QED) is 0.181. The van der Waals surface area contributed by atoms with Crippen molar-refractivity contribution in [3.63, 3.8) is 0 Å². The summed E-state index contributed by atoms with van der Waals surface area (Å²) in [4.78, 5) is 10.7. The Morgan fingerprint density at radius 1 is 0.340 bits per heavy atom. The fraction of sp³-hybridized carbons (Fsp3) is 0. The summed E-state index contributed by atoms with van der Waals surface area (Å²) in [6.45, 7) is 0. The van der Waals surface area contributed by atoms with Gasteiger partial charge in [-0.1, -0.05) is 140 Å². The first kappa shape index (κ1) is 27.2. The van der Waals surface area contributed by atoms with Crippen molar-refractivity contribution < 1.29 is 8.83 Å². The van der Waals surface area contributed by atoms with E-state index < -0.39 is 0 Å². The van der Waals surface area contributed by atoms with Crippen LogP contribution in [0.3, 0.4) is 0 Å². The molecule has 4 nitrogen and oxygen atoms in total. The average molecular weight is 639 g/mol. The zero-order chi connectivity index (χ0) is 32.8. The molecule has 11 aromatic rings. The number of nitrogens with zero attached hydrogens (tertiary/aromatic N) is 2. The Bertz CT molecular complexity index is 3000. The maximum Gasteiger partial charge on any atom is 0.143 e. The smallest absolute Gasteiger partial charge is 0.143 e. The van der Waals surface area contributed by atoms with Crippen molar-refractivity contribution in [1.82, 2.24) is 9.97 Å². The minimum absolute atomic E-state index is 0.782. The molecule has 232 valence electrons. The lowest BCUT2D eigenvalue weighted by molar-refractivity contribution is 0.670. The Morgan fingerprint density at radius 2 is 0.760 bits per heavy atom. The number of para-hydroxylation sites is 4. The van der Waals surface area contributed by atoms with Gasteiger partial charge in [-0.25, -0.2) is 4.98 Å². The first-order valence-corrected chi connectivity index (χ1v) is 16.8. The maximum absolute atomic E-state index is 6.61. The van der Waals surface area contributed by atoms with E-state index in [-0.39, 0.29) is 0 Å². The van der Waals surface area contributed by atoms with Gasteiger partial charge in [0.15, 0.2) is 0 Å². The third-order valence-electron chi connectivity index (χ3n) is 10.1. The number of benzene rings is 8. The maximum atomic E-state index is 6.61. The van der Waals surface area contributed by atoms with Crippen molar-refractivity contribution in [3.8, 4) is 33.5 Å². The molecule has 0 N–H and O–H groups in total. The highest BCUT2D eigenvalue weighted by Crippen LogP contribution is 2.46. The lowest BCUT2D eigenvalue weighted by atomic mass is 9.88. The molecule has 0 bridgehead atoms. The molecule has 4 heteroatoms. The van der Waals surface area contributed by atoms with E-state index in [1.54, 1.807) is 0 Å². The standard InChI is InChI=1S/C46H26N2O2/c1-3-16-33-27(12-1)28-13-2-4-17-34(28)44-43(33)47-26-39(48-44)42-31(37-22-10-20-35-29-14-5-7-24-40(29)49-45(35)37)18-9-19-32(42)38-23-11-21-36-30-15-6-8-25-41(30)50-46(36)38/h1-26H. The van der Waals surface area contributed by atoms with E-state index in [1.165, 1.54) is 5.39 Å². The number of fused-ring (bicyclic) bond motifs is 12. The average Bonchev–Trinajstić information content (AvgIpc) is 3.76. The van der Waals surface area contributed by atoms with Crippen LogP contribution in [-0.4, -0.2) is 9.97 Å². The third kappa shape index (κ3) is 3.81. The van der Waals surface area contributed by atoms with Crippen molar-refractivity contribution in [3.05, 3.63) is 158 Å². The van der Waals surface area contributed by atoms with Crippen molar-refractivity contribution in [2.24, 2.45) is 0 Å². The lowest BCUT2D eigenvalue weighted by Crippen LogP contribution is -1.96. The zero-order valence-corrected chi connectivity index (χ0v) is 26.7. The summed E-state index contributed by atoms with van der Waals surface area (Å²) >= 11 is 0. The molecule has 0 atom stereocenters. The van der Waals surface area contributed by atoms with E-state index in [4.69, 9.17) is 18.8 Å². The monoisotopic (exact) mass is 638 g/mol. The van der Waals surface area contributed by atoms with E-state index in [2.05, 4.69) is 127 Å². The fourth-order valence-electron chi connectivity index (χ4n) is 7.94. The molecule has 0 saturated carbocycles. The molecule has 8 aromatic carbocycles. The topological polar surface area (TPSA) is 52.1 Å². The molecule has 0 unspecified atom stereocenters. The third-order valence-corrected chi connectivity index (χ3v) is 10.1. The van der Waals surface area contributed by atoms with Crippen molar-refractivity contribution in [1.29, 1.82) is 0 Å². The number of furan rings is 2. The van der Waals surface area contributed by atoms with Gasteiger partial charge >= 0.3 is 0 Å². The van der Waals surface area contributed by atoms with Gasteiger partial charge in [0, 0.05) is 49.0 Å². The zero-order valence-electron chi connectivity index (χ0n) is 26.7. The van der Waals surface area contributed by atoms with E-state index in [1.807, 2.05) is 30.5 Å². The molecule has 0 aliphatic heterocycles. The predicted octanol–water partition coefficient (Wildman–Crippen LogP) is 12.7. The Kier molecular flexibility index (Phi) is 5.63. The first-order valence-electron chi connectivity index (χ1n) is 16.8. The highest BCUT2D eigenvalue weighted by atomic mass is 16.3. The van der Waals surface area contributed by atoms with Crippen LogP contribution in [0.4, 0.5) is 0 Å². The lowest BCUT2D eigenvalue weighted by Gasteiger charge is -2.17. The molecule has 11 rings (SSSR count). The van der Waals surface area contributed by atoms with E-state index in [0.29, 0.717) is 0 Å². The molecule has 3 heterocycles. The summed E-state index contributed by atoms with van der Waals surface area (Å²) in [7, 11) is 0. The van der Waals surface area contributed by atoms with Crippen LogP contribution in [0, 0.1) is 0 Å². The van der Waals surface area contributed by atoms with Gasteiger partial charge in [-0.3, -0.25) is 4.98 Å². The molecule has 0 amide bonds. The van der Waals surface area contributed by atoms with Gasteiger partial charge in [0.25, 0.3) is 0 Å². The molecule has 0 spiro atoms. The van der Waals surface area contributed by atoms with Gasteiger partial charge in [-0.2, -0.15) is 0 Å². The largest absolute Gasteiger partial charge is 0.455 e. The summed E-state index contributed by atoms with van der Waals surface area (Å²) in [5, 5.41) is 8.85. The molecule has 0 saturated heterocycles.